The van der Waals surface area contributed by atoms with Crippen molar-refractivity contribution in [3.05, 3.63) is 51.1 Å². The number of aromatic nitrogens is 2. The van der Waals surface area contributed by atoms with Gasteiger partial charge in [0.2, 0.25) is 0 Å². The highest BCUT2D eigenvalue weighted by Crippen LogP contribution is 2.35. The van der Waals surface area contributed by atoms with Crippen molar-refractivity contribution in [2.45, 2.75) is 6.54 Å². The van der Waals surface area contributed by atoms with Crippen molar-refractivity contribution >= 4 is 15.9 Å². The summed E-state index contributed by atoms with van der Waals surface area (Å²) in [5.41, 5.74) is 0.829. The summed E-state index contributed by atoms with van der Waals surface area (Å²) in [4.78, 5) is 12.0. The smallest absolute Gasteiger partial charge is 0.437 e. The number of ether oxygens (including phenoxy) is 2. The molecule has 0 N–H and O–H groups in total. The van der Waals surface area contributed by atoms with Gasteiger partial charge in [-0.15, -0.1) is 5.10 Å². The maximum atomic E-state index is 12.0. The van der Waals surface area contributed by atoms with E-state index in [0.717, 1.165) is 10.0 Å². The molecular formula is C15H11BrN2O5. The predicted octanol–water partition coefficient (Wildman–Crippen LogP) is 2.68. The molecule has 2 aromatic heterocycles. The summed E-state index contributed by atoms with van der Waals surface area (Å²) >= 11 is 3.48. The molecule has 1 aliphatic rings. The summed E-state index contributed by atoms with van der Waals surface area (Å²) in [7, 11) is 0. The number of furan rings is 1. The summed E-state index contributed by atoms with van der Waals surface area (Å²) in [5, 5.41) is 4.15. The number of rotatable bonds is 3. The van der Waals surface area contributed by atoms with Crippen molar-refractivity contribution in [3.8, 4) is 23.1 Å². The number of hydrogen-bond acceptors (Lipinski definition) is 6. The van der Waals surface area contributed by atoms with Crippen molar-refractivity contribution in [1.82, 2.24) is 9.78 Å². The molecule has 1 aromatic carbocycles. The molecule has 0 radical (unpaired) electrons. The van der Waals surface area contributed by atoms with Crippen LogP contribution in [0.4, 0.5) is 0 Å². The zero-order valence-corrected chi connectivity index (χ0v) is 13.4. The van der Waals surface area contributed by atoms with Crippen LogP contribution in [-0.4, -0.2) is 23.0 Å². The number of halogens is 1. The van der Waals surface area contributed by atoms with E-state index in [9.17, 15) is 4.79 Å². The second kappa shape index (κ2) is 5.62. The fourth-order valence-corrected chi connectivity index (χ4v) is 2.74. The molecule has 0 bridgehead atoms. The van der Waals surface area contributed by atoms with Crippen LogP contribution < -0.4 is 15.2 Å². The molecule has 0 spiro atoms. The van der Waals surface area contributed by atoms with Gasteiger partial charge in [-0.3, -0.25) is 0 Å². The lowest BCUT2D eigenvalue weighted by Gasteiger charge is -2.19. The van der Waals surface area contributed by atoms with Gasteiger partial charge >= 0.3 is 5.76 Å². The Balaban J connectivity index is 1.67. The Hall–Kier alpha value is -2.48. The summed E-state index contributed by atoms with van der Waals surface area (Å²) in [5.74, 6) is 1.32. The van der Waals surface area contributed by atoms with Gasteiger partial charge < -0.3 is 18.3 Å². The second-order valence-electron chi connectivity index (χ2n) is 4.90. The van der Waals surface area contributed by atoms with Crippen LogP contribution in [0.2, 0.25) is 0 Å². The van der Waals surface area contributed by atoms with E-state index in [2.05, 4.69) is 21.0 Å². The van der Waals surface area contributed by atoms with Crippen LogP contribution in [0, 0.1) is 0 Å². The van der Waals surface area contributed by atoms with Crippen molar-refractivity contribution in [2.75, 3.05) is 13.2 Å². The van der Waals surface area contributed by atoms with Crippen LogP contribution in [-0.2, 0) is 6.54 Å². The van der Waals surface area contributed by atoms with Crippen LogP contribution in [0.25, 0.3) is 11.7 Å². The summed E-state index contributed by atoms with van der Waals surface area (Å²) in [6, 6.07) is 7.02. The molecule has 0 amide bonds. The fourth-order valence-electron chi connectivity index (χ4n) is 2.29. The van der Waals surface area contributed by atoms with E-state index in [0.29, 0.717) is 30.5 Å². The molecule has 0 saturated carbocycles. The first-order valence-corrected chi connectivity index (χ1v) is 7.70. The third-order valence-corrected chi connectivity index (χ3v) is 4.11. The molecule has 0 saturated heterocycles. The predicted molar refractivity (Wildman–Crippen MR) is 82.7 cm³/mol. The van der Waals surface area contributed by atoms with Crippen molar-refractivity contribution in [3.63, 3.8) is 0 Å². The number of nitrogens with zero attached hydrogens (tertiary/aromatic N) is 2. The van der Waals surface area contributed by atoms with Gasteiger partial charge in [0.1, 0.15) is 13.2 Å². The lowest BCUT2D eigenvalue weighted by molar-refractivity contribution is 0.171. The van der Waals surface area contributed by atoms with Gasteiger partial charge in [0.05, 0.1) is 12.8 Å². The maximum Gasteiger partial charge on any atom is 0.437 e. The van der Waals surface area contributed by atoms with Crippen LogP contribution >= 0.6 is 15.9 Å². The largest absolute Gasteiger partial charge is 0.486 e. The number of fused-ring (bicyclic) bond motifs is 1. The highest BCUT2D eigenvalue weighted by Gasteiger charge is 2.17. The van der Waals surface area contributed by atoms with Gasteiger partial charge in [0.25, 0.3) is 5.89 Å². The Kier molecular flexibility index (Phi) is 3.45. The monoisotopic (exact) mass is 378 g/mol. The molecule has 118 valence electrons. The maximum absolute atomic E-state index is 12.0. The molecule has 7 nitrogen and oxygen atoms in total. The summed E-state index contributed by atoms with van der Waals surface area (Å²) in [6.07, 6.45) is 1.49. The Morgan fingerprint density at radius 3 is 2.74 bits per heavy atom. The average Bonchev–Trinajstić information content (AvgIpc) is 3.18. The molecule has 3 aromatic rings. The number of benzene rings is 1. The highest BCUT2D eigenvalue weighted by atomic mass is 79.9. The molecule has 3 heterocycles. The molecule has 0 atom stereocenters. The Labute approximate surface area is 138 Å². The molecule has 4 rings (SSSR count). The molecule has 0 fully saturated rings. The average molecular weight is 379 g/mol. The fraction of sp³-hybridized carbons (Fsp3) is 0.200. The first-order chi connectivity index (χ1) is 11.2. The standard InChI is InChI=1S/C15H11BrN2O5/c16-10-7-13-12(21-4-5-22-13)6-9(10)8-18-15(19)23-14(17-18)11-2-1-3-20-11/h1-3,6-7H,4-5,8H2. The van der Waals surface area contributed by atoms with E-state index in [4.69, 9.17) is 18.3 Å². The van der Waals surface area contributed by atoms with Crippen molar-refractivity contribution in [2.24, 2.45) is 0 Å². The van der Waals surface area contributed by atoms with E-state index in [1.54, 1.807) is 12.1 Å². The summed E-state index contributed by atoms with van der Waals surface area (Å²) < 4.78 is 23.4. The van der Waals surface area contributed by atoms with E-state index in [1.165, 1.54) is 10.9 Å². The van der Waals surface area contributed by atoms with Crippen molar-refractivity contribution in [1.29, 1.82) is 0 Å². The lowest BCUT2D eigenvalue weighted by atomic mass is 10.2. The van der Waals surface area contributed by atoms with Gasteiger partial charge in [-0.25, -0.2) is 4.79 Å². The molecule has 0 aliphatic carbocycles. The van der Waals surface area contributed by atoms with Crippen LogP contribution in [0.5, 0.6) is 11.5 Å². The zero-order valence-electron chi connectivity index (χ0n) is 11.8. The molecule has 0 unspecified atom stereocenters. The lowest BCUT2D eigenvalue weighted by Crippen LogP contribution is -2.18. The Morgan fingerprint density at radius 1 is 1.22 bits per heavy atom. The van der Waals surface area contributed by atoms with Gasteiger partial charge in [-0.05, 0) is 29.8 Å². The van der Waals surface area contributed by atoms with E-state index in [-0.39, 0.29) is 12.4 Å². The van der Waals surface area contributed by atoms with Gasteiger partial charge in [0.15, 0.2) is 17.3 Å². The van der Waals surface area contributed by atoms with Gasteiger partial charge in [0, 0.05) is 4.47 Å². The first-order valence-electron chi connectivity index (χ1n) is 6.90. The van der Waals surface area contributed by atoms with E-state index < -0.39 is 5.76 Å². The molecule has 8 heteroatoms. The Bertz CT molecular complexity index is 897. The topological polar surface area (TPSA) is 79.6 Å². The van der Waals surface area contributed by atoms with Gasteiger partial charge in [-0.2, -0.15) is 4.68 Å². The first kappa shape index (κ1) is 14.1. The third-order valence-electron chi connectivity index (χ3n) is 3.37. The quantitative estimate of drug-likeness (QED) is 0.696. The van der Waals surface area contributed by atoms with E-state index in [1.807, 2.05) is 12.1 Å². The highest BCUT2D eigenvalue weighted by molar-refractivity contribution is 9.10. The van der Waals surface area contributed by atoms with E-state index >= 15 is 0 Å². The Morgan fingerprint density at radius 2 is 2.00 bits per heavy atom. The summed E-state index contributed by atoms with van der Waals surface area (Å²) in [6.45, 7) is 1.26. The zero-order chi connectivity index (χ0) is 15.8. The minimum Gasteiger partial charge on any atom is -0.486 e. The number of hydrogen-bond donors (Lipinski definition) is 0. The minimum absolute atomic E-state index is 0.147. The molecular weight excluding hydrogens is 368 g/mol. The SMILES string of the molecule is O=c1oc(-c2ccco2)nn1Cc1cc2c(cc1Br)OCCO2. The minimum atomic E-state index is -0.557. The van der Waals surface area contributed by atoms with Crippen molar-refractivity contribution < 1.29 is 18.3 Å². The third kappa shape index (κ3) is 2.65. The normalized spacial score (nSPS) is 13.3. The van der Waals surface area contributed by atoms with Crippen LogP contribution in [0.1, 0.15) is 5.56 Å². The molecule has 23 heavy (non-hydrogen) atoms. The second-order valence-corrected chi connectivity index (χ2v) is 5.75. The van der Waals surface area contributed by atoms with Crippen LogP contribution in [0.15, 0.2) is 48.6 Å². The van der Waals surface area contributed by atoms with Crippen LogP contribution in [0.3, 0.4) is 0 Å². The van der Waals surface area contributed by atoms with Gasteiger partial charge in [-0.1, -0.05) is 15.9 Å². The molecule has 1 aliphatic heterocycles.